The summed E-state index contributed by atoms with van der Waals surface area (Å²) in [5.74, 6) is 0. The van der Waals surface area contributed by atoms with E-state index in [9.17, 15) is 0 Å². The number of benzene rings is 11. The first-order chi connectivity index (χ1) is 29.8. The summed E-state index contributed by atoms with van der Waals surface area (Å²) >= 11 is 3.78. The first-order valence-corrected chi connectivity index (χ1v) is 22.2. The first kappa shape index (κ1) is 33.8. The fourth-order valence-corrected chi connectivity index (χ4v) is 12.5. The van der Waals surface area contributed by atoms with Crippen LogP contribution in [0.15, 0.2) is 206 Å². The van der Waals surface area contributed by atoms with Gasteiger partial charge >= 0.3 is 0 Å². The Bertz CT molecular complexity index is 3770. The van der Waals surface area contributed by atoms with Crippen molar-refractivity contribution >= 4 is 106 Å². The highest BCUT2D eigenvalue weighted by Crippen LogP contribution is 2.52. The summed E-state index contributed by atoms with van der Waals surface area (Å²) in [5, 5.41) is 15.5. The largest absolute Gasteiger partial charge is 0.135 e. The van der Waals surface area contributed by atoms with Gasteiger partial charge in [0.2, 0.25) is 0 Å². The van der Waals surface area contributed by atoms with E-state index in [0.717, 1.165) is 0 Å². The van der Waals surface area contributed by atoms with E-state index >= 15 is 0 Å². The Morgan fingerprint density at radius 1 is 0.217 bits per heavy atom. The predicted octanol–water partition coefficient (Wildman–Crippen LogP) is 17.7. The van der Waals surface area contributed by atoms with Crippen LogP contribution in [0, 0.1) is 0 Å². The lowest BCUT2D eigenvalue weighted by molar-refractivity contribution is 1.67. The fraction of sp³-hybridized carbons (Fsp3) is 0. The third kappa shape index (κ3) is 4.90. The number of thiophene rings is 2. The first-order valence-electron chi connectivity index (χ1n) is 20.6. The van der Waals surface area contributed by atoms with Crippen molar-refractivity contribution in [3.05, 3.63) is 206 Å². The Morgan fingerprint density at radius 3 is 1.08 bits per heavy atom. The number of fused-ring (bicyclic) bond motifs is 10. The van der Waals surface area contributed by atoms with Gasteiger partial charge in [0.05, 0.1) is 0 Å². The van der Waals surface area contributed by atoms with Crippen molar-refractivity contribution in [2.75, 3.05) is 0 Å². The van der Waals surface area contributed by atoms with E-state index < -0.39 is 0 Å². The second kappa shape index (κ2) is 13.2. The van der Waals surface area contributed by atoms with E-state index in [2.05, 4.69) is 206 Å². The van der Waals surface area contributed by atoms with E-state index in [0.29, 0.717) is 0 Å². The molecule has 11 aromatic carbocycles. The molecule has 0 aliphatic heterocycles. The molecule has 0 unspecified atom stereocenters. The van der Waals surface area contributed by atoms with Crippen molar-refractivity contribution in [1.82, 2.24) is 0 Å². The second-order valence-electron chi connectivity index (χ2n) is 15.8. The van der Waals surface area contributed by atoms with E-state index in [1.54, 1.807) is 0 Å². The minimum Gasteiger partial charge on any atom is -0.135 e. The second-order valence-corrected chi connectivity index (χ2v) is 18.0. The Hall–Kier alpha value is -7.10. The molecule has 2 heterocycles. The lowest BCUT2D eigenvalue weighted by atomic mass is 9.83. The highest BCUT2D eigenvalue weighted by Gasteiger charge is 2.23. The number of hydrogen-bond donors (Lipinski definition) is 0. The standard InChI is InChI=1S/C58H34S2/c1-2-16-35(17-3-1)53-38-19-4-8-23-42(38)55(43-24-9-5-20-39(43)53)46-27-14-30-51-57(46)58-47(28-15-31-52(58)60-51)56-44-25-10-6-21-40(44)54(41-22-7-11-26-45(41)56)36-32-33-50-48(34-36)37-18-12-13-29-49(37)59-50/h1-34H. The normalized spacial score (nSPS) is 12.0. The third-order valence-electron chi connectivity index (χ3n) is 12.7. The molecule has 0 radical (unpaired) electrons. The maximum Gasteiger partial charge on any atom is 0.0361 e. The van der Waals surface area contributed by atoms with Gasteiger partial charge in [0.15, 0.2) is 0 Å². The molecular formula is C58H34S2. The molecule has 278 valence electrons. The Balaban J connectivity index is 1.13. The van der Waals surface area contributed by atoms with Gasteiger partial charge in [-0.3, -0.25) is 0 Å². The molecule has 0 aliphatic carbocycles. The van der Waals surface area contributed by atoms with Gasteiger partial charge in [-0.2, -0.15) is 0 Å². The summed E-state index contributed by atoms with van der Waals surface area (Å²) in [6.45, 7) is 0. The fourth-order valence-electron chi connectivity index (χ4n) is 10.2. The Labute approximate surface area is 354 Å². The number of rotatable bonds is 4. The molecular weight excluding hydrogens is 761 g/mol. The lowest BCUT2D eigenvalue weighted by Crippen LogP contribution is -1.92. The maximum absolute atomic E-state index is 2.43. The summed E-state index contributed by atoms with van der Waals surface area (Å²) in [4.78, 5) is 0. The van der Waals surface area contributed by atoms with Crippen molar-refractivity contribution in [1.29, 1.82) is 0 Å². The van der Waals surface area contributed by atoms with Crippen LogP contribution < -0.4 is 0 Å². The van der Waals surface area contributed by atoms with Gasteiger partial charge in [-0.25, -0.2) is 0 Å². The smallest absolute Gasteiger partial charge is 0.0361 e. The van der Waals surface area contributed by atoms with Gasteiger partial charge in [-0.05, 0) is 118 Å². The molecule has 13 aromatic rings. The van der Waals surface area contributed by atoms with Gasteiger partial charge in [0.1, 0.15) is 0 Å². The molecule has 0 atom stereocenters. The number of hydrogen-bond acceptors (Lipinski definition) is 2. The van der Waals surface area contributed by atoms with Gasteiger partial charge in [-0.15, -0.1) is 22.7 Å². The highest BCUT2D eigenvalue weighted by molar-refractivity contribution is 7.26. The third-order valence-corrected chi connectivity index (χ3v) is 14.9. The molecule has 60 heavy (non-hydrogen) atoms. The summed E-state index contributed by atoms with van der Waals surface area (Å²) in [6, 6.07) is 76.9. The molecule has 0 saturated heterocycles. The van der Waals surface area contributed by atoms with Crippen molar-refractivity contribution in [3.8, 4) is 44.5 Å². The molecule has 0 saturated carbocycles. The lowest BCUT2D eigenvalue weighted by Gasteiger charge is -2.20. The van der Waals surface area contributed by atoms with Crippen LogP contribution in [0.25, 0.3) is 128 Å². The van der Waals surface area contributed by atoms with Crippen molar-refractivity contribution < 1.29 is 0 Å². The zero-order chi connectivity index (χ0) is 39.3. The van der Waals surface area contributed by atoms with Crippen LogP contribution >= 0.6 is 22.7 Å². The van der Waals surface area contributed by atoms with E-state index in [1.807, 2.05) is 22.7 Å². The minimum absolute atomic E-state index is 1.24. The summed E-state index contributed by atoms with van der Waals surface area (Å²) in [6.07, 6.45) is 0. The van der Waals surface area contributed by atoms with Crippen molar-refractivity contribution in [2.24, 2.45) is 0 Å². The van der Waals surface area contributed by atoms with Crippen molar-refractivity contribution in [2.45, 2.75) is 0 Å². The van der Waals surface area contributed by atoms with Gasteiger partial charge in [0.25, 0.3) is 0 Å². The van der Waals surface area contributed by atoms with E-state index in [-0.39, 0.29) is 0 Å². The molecule has 2 aromatic heterocycles. The van der Waals surface area contributed by atoms with Crippen LogP contribution in [-0.2, 0) is 0 Å². The molecule has 0 bridgehead atoms. The van der Waals surface area contributed by atoms with Gasteiger partial charge in [-0.1, -0.05) is 176 Å². The van der Waals surface area contributed by atoms with Gasteiger partial charge < -0.3 is 0 Å². The molecule has 0 spiro atoms. The molecule has 0 nitrogen and oxygen atoms in total. The van der Waals surface area contributed by atoms with E-state index in [1.165, 1.54) is 128 Å². The van der Waals surface area contributed by atoms with Crippen LogP contribution in [0.2, 0.25) is 0 Å². The van der Waals surface area contributed by atoms with Crippen LogP contribution in [0.1, 0.15) is 0 Å². The quantitative estimate of drug-likeness (QED) is 0.156. The molecule has 0 aliphatic rings. The molecule has 13 rings (SSSR count). The Morgan fingerprint density at radius 2 is 0.583 bits per heavy atom. The zero-order valence-corrected chi connectivity index (χ0v) is 34.1. The zero-order valence-electron chi connectivity index (χ0n) is 32.4. The van der Waals surface area contributed by atoms with E-state index in [4.69, 9.17) is 0 Å². The monoisotopic (exact) mass is 794 g/mol. The minimum atomic E-state index is 1.24. The molecule has 0 N–H and O–H groups in total. The molecule has 0 amide bonds. The maximum atomic E-state index is 2.43. The predicted molar refractivity (Wildman–Crippen MR) is 264 cm³/mol. The summed E-state index contributed by atoms with van der Waals surface area (Å²) in [5.41, 5.74) is 10.2. The highest BCUT2D eigenvalue weighted by atomic mass is 32.1. The van der Waals surface area contributed by atoms with Gasteiger partial charge in [0, 0.05) is 40.3 Å². The average molecular weight is 795 g/mol. The topological polar surface area (TPSA) is 0 Å². The van der Waals surface area contributed by atoms with Crippen LogP contribution in [-0.4, -0.2) is 0 Å². The average Bonchev–Trinajstić information content (AvgIpc) is 3.89. The molecule has 0 fully saturated rings. The SMILES string of the molecule is c1ccc(-c2c3ccccc3c(-c3cccc4sc5cccc(-c6c7ccccc7c(-c7ccc8sc9ccccc9c8c7)c7ccccc67)c5c34)c3ccccc23)cc1. The van der Waals surface area contributed by atoms with Crippen LogP contribution in [0.4, 0.5) is 0 Å². The van der Waals surface area contributed by atoms with Crippen LogP contribution in [0.3, 0.4) is 0 Å². The molecule has 2 heteroatoms. The summed E-state index contributed by atoms with van der Waals surface area (Å²) < 4.78 is 5.26. The van der Waals surface area contributed by atoms with Crippen LogP contribution in [0.5, 0.6) is 0 Å². The Kier molecular flexibility index (Phi) is 7.45. The van der Waals surface area contributed by atoms with Crippen molar-refractivity contribution in [3.63, 3.8) is 0 Å². The summed E-state index contributed by atoms with van der Waals surface area (Å²) in [7, 11) is 0.